The number of imidazole rings is 1. The van der Waals surface area contributed by atoms with Crippen molar-refractivity contribution in [3.05, 3.63) is 58.2 Å². The summed E-state index contributed by atoms with van der Waals surface area (Å²) < 4.78 is 2.07. The van der Waals surface area contributed by atoms with Gasteiger partial charge in [-0.15, -0.1) is 11.3 Å². The van der Waals surface area contributed by atoms with Crippen LogP contribution in [-0.2, 0) is 6.54 Å². The average molecular weight is 425 g/mol. The normalized spacial score (nSPS) is 19.6. The molecule has 1 unspecified atom stereocenters. The average Bonchev–Trinajstić information content (AvgIpc) is 3.54. The molecule has 0 spiro atoms. The second-order valence-electron chi connectivity index (χ2n) is 8.41. The van der Waals surface area contributed by atoms with Gasteiger partial charge in [-0.1, -0.05) is 12.1 Å². The van der Waals surface area contributed by atoms with Gasteiger partial charge >= 0.3 is 0 Å². The predicted octanol–water partition coefficient (Wildman–Crippen LogP) is 3.58. The van der Waals surface area contributed by atoms with Gasteiger partial charge in [-0.3, -0.25) is 9.69 Å². The number of piperidine rings is 1. The molecule has 30 heavy (non-hydrogen) atoms. The van der Waals surface area contributed by atoms with Gasteiger partial charge in [0, 0.05) is 30.7 Å². The largest absolute Gasteiger partial charge is 0.387 e. The van der Waals surface area contributed by atoms with E-state index in [0.717, 1.165) is 68.1 Å². The molecule has 0 aliphatic carbocycles. The summed E-state index contributed by atoms with van der Waals surface area (Å²) in [6.07, 6.45) is 5.72. The van der Waals surface area contributed by atoms with E-state index < -0.39 is 0 Å². The van der Waals surface area contributed by atoms with Crippen LogP contribution in [0.2, 0.25) is 0 Å². The molecular formula is C23H28N4O2S. The first kappa shape index (κ1) is 19.7. The highest BCUT2D eigenvalue weighted by Gasteiger charge is 2.30. The molecule has 158 valence electrons. The number of carbonyl (C=O) groups is 1. The Bertz CT molecular complexity index is 1000. The summed E-state index contributed by atoms with van der Waals surface area (Å²) in [7, 11) is 0. The van der Waals surface area contributed by atoms with Gasteiger partial charge in [0.25, 0.3) is 5.91 Å². The van der Waals surface area contributed by atoms with Gasteiger partial charge in [0.2, 0.25) is 0 Å². The van der Waals surface area contributed by atoms with Crippen molar-refractivity contribution in [3.8, 4) is 0 Å². The van der Waals surface area contributed by atoms with E-state index in [0.29, 0.717) is 18.2 Å². The molecule has 2 fully saturated rings. The number of amides is 1. The monoisotopic (exact) mass is 424 g/mol. The van der Waals surface area contributed by atoms with Crippen molar-refractivity contribution in [2.75, 3.05) is 26.2 Å². The van der Waals surface area contributed by atoms with Crippen molar-refractivity contribution in [1.82, 2.24) is 19.2 Å². The van der Waals surface area contributed by atoms with Crippen LogP contribution in [-0.4, -0.2) is 56.4 Å². The third-order valence-electron chi connectivity index (χ3n) is 6.51. The number of pyridine rings is 1. The smallest absolute Gasteiger partial charge is 0.274 e. The lowest BCUT2D eigenvalue weighted by atomic mass is 9.90. The van der Waals surface area contributed by atoms with Crippen molar-refractivity contribution in [3.63, 3.8) is 0 Å². The number of likely N-dealkylation sites (tertiary alicyclic amines) is 2. The quantitative estimate of drug-likeness (QED) is 0.680. The SMILES string of the molecule is O=C(c1nc2ccccn2c1CN1CCC(C(O)c2cccs2)CC1)N1CCCC1. The molecule has 1 N–H and O–H groups in total. The first-order valence-electron chi connectivity index (χ1n) is 10.9. The highest BCUT2D eigenvalue weighted by Crippen LogP contribution is 2.33. The maximum absolute atomic E-state index is 13.2. The second-order valence-corrected chi connectivity index (χ2v) is 9.39. The molecule has 5 heterocycles. The maximum atomic E-state index is 13.2. The molecule has 5 rings (SSSR count). The fourth-order valence-electron chi connectivity index (χ4n) is 4.77. The van der Waals surface area contributed by atoms with Crippen molar-refractivity contribution in [2.24, 2.45) is 5.92 Å². The molecule has 2 saturated heterocycles. The van der Waals surface area contributed by atoms with Crippen molar-refractivity contribution in [2.45, 2.75) is 38.3 Å². The van der Waals surface area contributed by atoms with E-state index in [1.165, 1.54) is 0 Å². The van der Waals surface area contributed by atoms with Crippen LogP contribution in [0.1, 0.15) is 52.8 Å². The Morgan fingerprint density at radius 1 is 1.13 bits per heavy atom. The standard InChI is InChI=1S/C23H28N4O2S/c28-22(19-6-5-15-30-19)17-8-13-25(14-9-17)16-18-21(23(29)26-10-3-4-11-26)24-20-7-1-2-12-27(18)20/h1-2,5-7,12,15,17,22,28H,3-4,8-11,13-14,16H2. The number of carbonyl (C=O) groups excluding carboxylic acids is 1. The van der Waals surface area contributed by atoms with Gasteiger partial charge in [-0.05, 0) is 68.3 Å². The predicted molar refractivity (Wildman–Crippen MR) is 118 cm³/mol. The number of fused-ring (bicyclic) bond motifs is 1. The van der Waals surface area contributed by atoms with Crippen LogP contribution in [0.4, 0.5) is 0 Å². The number of rotatable bonds is 5. The maximum Gasteiger partial charge on any atom is 0.274 e. The van der Waals surface area contributed by atoms with Crippen molar-refractivity contribution < 1.29 is 9.90 Å². The fourth-order valence-corrected chi connectivity index (χ4v) is 5.57. The van der Waals surface area contributed by atoms with Gasteiger partial charge in [0.1, 0.15) is 5.65 Å². The Balaban J connectivity index is 1.33. The summed E-state index contributed by atoms with van der Waals surface area (Å²) in [5, 5.41) is 12.7. The van der Waals surface area contributed by atoms with E-state index in [1.807, 2.05) is 46.8 Å². The molecule has 1 atom stereocenters. The molecule has 7 heteroatoms. The van der Waals surface area contributed by atoms with Crippen LogP contribution in [0.15, 0.2) is 41.9 Å². The molecule has 1 amide bonds. The molecule has 0 saturated carbocycles. The van der Waals surface area contributed by atoms with Crippen LogP contribution < -0.4 is 0 Å². The number of aromatic nitrogens is 2. The summed E-state index contributed by atoms with van der Waals surface area (Å²) >= 11 is 1.63. The Hall–Kier alpha value is -2.22. The van der Waals surface area contributed by atoms with E-state index in [2.05, 4.69) is 9.30 Å². The Morgan fingerprint density at radius 2 is 1.93 bits per heavy atom. The van der Waals surface area contributed by atoms with E-state index in [-0.39, 0.29) is 12.0 Å². The van der Waals surface area contributed by atoms with Crippen LogP contribution in [0.3, 0.4) is 0 Å². The molecule has 6 nitrogen and oxygen atoms in total. The minimum atomic E-state index is -0.366. The number of hydrogen-bond donors (Lipinski definition) is 1. The molecular weight excluding hydrogens is 396 g/mol. The van der Waals surface area contributed by atoms with E-state index in [9.17, 15) is 9.90 Å². The van der Waals surface area contributed by atoms with Crippen LogP contribution >= 0.6 is 11.3 Å². The number of nitrogens with zero attached hydrogens (tertiary/aromatic N) is 4. The first-order valence-corrected chi connectivity index (χ1v) is 11.8. The minimum absolute atomic E-state index is 0.0641. The van der Waals surface area contributed by atoms with Crippen molar-refractivity contribution in [1.29, 1.82) is 0 Å². The number of hydrogen-bond acceptors (Lipinski definition) is 5. The Labute approximate surface area is 180 Å². The van der Waals surface area contributed by atoms with E-state index in [1.54, 1.807) is 11.3 Å². The summed E-state index contributed by atoms with van der Waals surface area (Å²) in [6.45, 7) is 4.22. The molecule has 0 radical (unpaired) electrons. The summed E-state index contributed by atoms with van der Waals surface area (Å²) in [6, 6.07) is 9.95. The lowest BCUT2D eigenvalue weighted by molar-refractivity contribution is 0.0584. The third-order valence-corrected chi connectivity index (χ3v) is 7.45. The van der Waals surface area contributed by atoms with Gasteiger partial charge in [-0.25, -0.2) is 4.98 Å². The highest BCUT2D eigenvalue weighted by molar-refractivity contribution is 7.10. The molecule has 2 aliphatic rings. The van der Waals surface area contributed by atoms with E-state index >= 15 is 0 Å². The molecule has 0 aromatic carbocycles. The summed E-state index contributed by atoms with van der Waals surface area (Å²) in [5.74, 6) is 0.363. The molecule has 2 aliphatic heterocycles. The van der Waals surface area contributed by atoms with Crippen LogP contribution in [0.25, 0.3) is 5.65 Å². The summed E-state index contributed by atoms with van der Waals surface area (Å²) in [4.78, 5) is 23.3. The fraction of sp³-hybridized carbons (Fsp3) is 0.478. The van der Waals surface area contributed by atoms with Gasteiger partial charge in [0.15, 0.2) is 5.69 Å². The van der Waals surface area contributed by atoms with Gasteiger partial charge in [0.05, 0.1) is 11.8 Å². The second kappa shape index (κ2) is 8.49. The Morgan fingerprint density at radius 3 is 2.67 bits per heavy atom. The van der Waals surface area contributed by atoms with Gasteiger partial charge < -0.3 is 14.4 Å². The highest BCUT2D eigenvalue weighted by atomic mass is 32.1. The lowest BCUT2D eigenvalue weighted by Gasteiger charge is -2.34. The summed E-state index contributed by atoms with van der Waals surface area (Å²) in [5.41, 5.74) is 2.42. The molecule has 3 aromatic rings. The zero-order valence-electron chi connectivity index (χ0n) is 17.1. The molecule has 3 aromatic heterocycles. The first-order chi connectivity index (χ1) is 14.7. The number of aliphatic hydroxyl groups is 1. The zero-order chi connectivity index (χ0) is 20.5. The van der Waals surface area contributed by atoms with Crippen LogP contribution in [0.5, 0.6) is 0 Å². The molecule has 0 bridgehead atoms. The zero-order valence-corrected chi connectivity index (χ0v) is 17.9. The Kier molecular flexibility index (Phi) is 5.58. The van der Waals surface area contributed by atoms with Gasteiger partial charge in [-0.2, -0.15) is 0 Å². The lowest BCUT2D eigenvalue weighted by Crippen LogP contribution is -2.36. The van der Waals surface area contributed by atoms with E-state index in [4.69, 9.17) is 4.98 Å². The minimum Gasteiger partial charge on any atom is -0.387 e. The van der Waals surface area contributed by atoms with Crippen LogP contribution in [0, 0.1) is 5.92 Å². The topological polar surface area (TPSA) is 61.1 Å². The van der Waals surface area contributed by atoms with Crippen molar-refractivity contribution >= 4 is 22.9 Å². The third kappa shape index (κ3) is 3.77. The number of thiophene rings is 1. The number of aliphatic hydroxyl groups excluding tert-OH is 1.